The molecule has 1 aromatic carbocycles. The average molecular weight is 385 g/mol. The lowest BCUT2D eigenvalue weighted by Crippen LogP contribution is -2.42. The largest absolute Gasteiger partial charge is 0.488 e. The Bertz CT molecular complexity index is 535. The zero-order chi connectivity index (χ0) is 17.2. The van der Waals surface area contributed by atoms with E-state index in [2.05, 4.69) is 31.6 Å². The minimum absolute atomic E-state index is 0.0419. The van der Waals surface area contributed by atoms with Crippen molar-refractivity contribution >= 4 is 27.8 Å². The van der Waals surface area contributed by atoms with Crippen molar-refractivity contribution in [3.8, 4) is 5.75 Å². The number of guanidine groups is 1. The molecular formula is C16H25BrN4O2. The lowest BCUT2D eigenvalue weighted by Gasteiger charge is -2.18. The van der Waals surface area contributed by atoms with Crippen LogP contribution >= 0.6 is 15.9 Å². The second-order valence-corrected chi connectivity index (χ2v) is 6.08. The van der Waals surface area contributed by atoms with E-state index in [4.69, 9.17) is 4.74 Å². The summed E-state index contributed by atoms with van der Waals surface area (Å²) in [4.78, 5) is 17.4. The van der Waals surface area contributed by atoms with Crippen LogP contribution in [-0.2, 0) is 4.79 Å². The van der Waals surface area contributed by atoms with Crippen molar-refractivity contribution in [1.29, 1.82) is 0 Å². The predicted octanol–water partition coefficient (Wildman–Crippen LogP) is 1.86. The van der Waals surface area contributed by atoms with Gasteiger partial charge in [0, 0.05) is 20.6 Å². The minimum Gasteiger partial charge on any atom is -0.488 e. The molecule has 1 rings (SSSR count). The van der Waals surface area contributed by atoms with Gasteiger partial charge in [-0.25, -0.2) is 4.99 Å². The first-order valence-corrected chi connectivity index (χ1v) is 8.36. The summed E-state index contributed by atoms with van der Waals surface area (Å²) in [5.74, 6) is 1.36. The van der Waals surface area contributed by atoms with Crippen LogP contribution in [0, 0.1) is 0 Å². The number of rotatable bonds is 7. The van der Waals surface area contributed by atoms with Crippen LogP contribution in [0.1, 0.15) is 13.8 Å². The van der Waals surface area contributed by atoms with Gasteiger partial charge in [0.05, 0.1) is 11.0 Å². The molecule has 0 heterocycles. The Morgan fingerprint density at radius 1 is 1.35 bits per heavy atom. The van der Waals surface area contributed by atoms with Crippen molar-refractivity contribution in [2.45, 2.75) is 20.0 Å². The molecule has 0 aliphatic rings. The van der Waals surface area contributed by atoms with Crippen molar-refractivity contribution in [3.05, 3.63) is 28.7 Å². The number of carbonyl (C=O) groups excluding carboxylic acids is 1. The molecule has 0 aliphatic carbocycles. The third-order valence-corrected chi connectivity index (χ3v) is 3.59. The number of carbonyl (C=O) groups is 1. The molecule has 0 spiro atoms. The van der Waals surface area contributed by atoms with E-state index in [9.17, 15) is 4.79 Å². The molecule has 0 aromatic heterocycles. The highest BCUT2D eigenvalue weighted by atomic mass is 79.9. The Morgan fingerprint density at radius 3 is 2.65 bits per heavy atom. The van der Waals surface area contributed by atoms with Gasteiger partial charge in [0.2, 0.25) is 5.91 Å². The number of hydrogen-bond donors (Lipinski definition) is 2. The standard InChI is InChI=1S/C16H25BrN4O2/c1-5-18-16(20-11-15(22)21(3)4)19-10-12(2)23-14-9-7-6-8-13(14)17/h6-9,12H,5,10-11H2,1-4H3,(H2,18,19,20). The first-order valence-electron chi connectivity index (χ1n) is 7.57. The monoisotopic (exact) mass is 384 g/mol. The summed E-state index contributed by atoms with van der Waals surface area (Å²) >= 11 is 3.46. The molecule has 7 heteroatoms. The van der Waals surface area contributed by atoms with Gasteiger partial charge in [-0.05, 0) is 41.9 Å². The van der Waals surface area contributed by atoms with E-state index < -0.39 is 0 Å². The van der Waals surface area contributed by atoms with Crippen LogP contribution in [0.25, 0.3) is 0 Å². The SMILES string of the molecule is CCNC(=NCC(=O)N(C)C)NCC(C)Oc1ccccc1Br. The number of nitrogens with zero attached hydrogens (tertiary/aromatic N) is 2. The van der Waals surface area contributed by atoms with Crippen LogP contribution in [0.15, 0.2) is 33.7 Å². The van der Waals surface area contributed by atoms with Crippen molar-refractivity contribution in [2.75, 3.05) is 33.7 Å². The minimum atomic E-state index is -0.0536. The maximum absolute atomic E-state index is 11.6. The second-order valence-electron chi connectivity index (χ2n) is 5.22. The fraction of sp³-hybridized carbons (Fsp3) is 0.500. The van der Waals surface area contributed by atoms with Crippen molar-refractivity contribution < 1.29 is 9.53 Å². The zero-order valence-corrected chi connectivity index (χ0v) is 15.7. The maximum atomic E-state index is 11.6. The van der Waals surface area contributed by atoms with Crippen LogP contribution in [-0.4, -0.2) is 56.6 Å². The quantitative estimate of drug-likeness (QED) is 0.556. The Hall–Kier alpha value is -1.76. The summed E-state index contributed by atoms with van der Waals surface area (Å²) in [6.07, 6.45) is -0.0536. The van der Waals surface area contributed by atoms with Gasteiger partial charge in [-0.15, -0.1) is 0 Å². The molecule has 0 aliphatic heterocycles. The number of likely N-dealkylation sites (N-methyl/N-ethyl adjacent to an activating group) is 1. The van der Waals surface area contributed by atoms with Gasteiger partial charge in [0.15, 0.2) is 5.96 Å². The number of nitrogens with one attached hydrogen (secondary N) is 2. The number of hydrogen-bond acceptors (Lipinski definition) is 3. The summed E-state index contributed by atoms with van der Waals surface area (Å²) in [7, 11) is 3.43. The Balaban J connectivity index is 2.52. The van der Waals surface area contributed by atoms with Gasteiger partial charge in [-0.3, -0.25) is 4.79 Å². The van der Waals surface area contributed by atoms with Gasteiger partial charge >= 0.3 is 0 Å². The highest BCUT2D eigenvalue weighted by Crippen LogP contribution is 2.24. The molecule has 128 valence electrons. The summed E-state index contributed by atoms with van der Waals surface area (Å²) < 4.78 is 6.79. The predicted molar refractivity (Wildman–Crippen MR) is 96.9 cm³/mol. The molecule has 23 heavy (non-hydrogen) atoms. The summed E-state index contributed by atoms with van der Waals surface area (Å²) in [5.41, 5.74) is 0. The Labute approximate surface area is 146 Å². The fourth-order valence-corrected chi connectivity index (χ4v) is 2.05. The molecule has 2 N–H and O–H groups in total. The van der Waals surface area contributed by atoms with Crippen LogP contribution in [0.3, 0.4) is 0 Å². The number of amides is 1. The van der Waals surface area contributed by atoms with E-state index in [1.807, 2.05) is 38.1 Å². The molecule has 1 aromatic rings. The summed E-state index contributed by atoms with van der Waals surface area (Å²) in [6, 6.07) is 7.72. The third-order valence-electron chi connectivity index (χ3n) is 2.94. The van der Waals surface area contributed by atoms with E-state index in [0.29, 0.717) is 12.5 Å². The van der Waals surface area contributed by atoms with Gasteiger partial charge in [0.25, 0.3) is 0 Å². The number of para-hydroxylation sites is 1. The molecule has 1 amide bonds. The summed E-state index contributed by atoms with van der Waals surface area (Å²) in [5, 5.41) is 6.29. The highest BCUT2D eigenvalue weighted by molar-refractivity contribution is 9.10. The second kappa shape index (κ2) is 10.1. The molecule has 0 fully saturated rings. The third kappa shape index (κ3) is 7.36. The first-order chi connectivity index (χ1) is 10.9. The fourth-order valence-electron chi connectivity index (χ4n) is 1.67. The van der Waals surface area contributed by atoms with E-state index in [-0.39, 0.29) is 18.6 Å². The van der Waals surface area contributed by atoms with Gasteiger partial charge in [-0.2, -0.15) is 0 Å². The smallest absolute Gasteiger partial charge is 0.243 e. The van der Waals surface area contributed by atoms with Crippen LogP contribution in [0.5, 0.6) is 5.75 Å². The van der Waals surface area contributed by atoms with Gasteiger partial charge in [0.1, 0.15) is 18.4 Å². The van der Waals surface area contributed by atoms with E-state index >= 15 is 0 Å². The maximum Gasteiger partial charge on any atom is 0.243 e. The van der Waals surface area contributed by atoms with Crippen molar-refractivity contribution in [1.82, 2.24) is 15.5 Å². The lowest BCUT2D eigenvalue weighted by atomic mass is 10.3. The molecule has 6 nitrogen and oxygen atoms in total. The molecule has 1 unspecified atom stereocenters. The molecule has 0 saturated carbocycles. The molecular weight excluding hydrogens is 360 g/mol. The normalized spacial score (nSPS) is 12.5. The van der Waals surface area contributed by atoms with E-state index in [1.165, 1.54) is 4.90 Å². The number of halogens is 1. The number of aliphatic imine (C=N–C) groups is 1. The van der Waals surface area contributed by atoms with Crippen LogP contribution in [0.4, 0.5) is 0 Å². The number of benzene rings is 1. The van der Waals surface area contributed by atoms with Crippen LogP contribution in [0.2, 0.25) is 0 Å². The van der Waals surface area contributed by atoms with E-state index in [0.717, 1.165) is 16.8 Å². The molecule has 1 atom stereocenters. The summed E-state index contributed by atoms with van der Waals surface area (Å²) in [6.45, 7) is 5.36. The van der Waals surface area contributed by atoms with E-state index in [1.54, 1.807) is 14.1 Å². The molecule has 0 bridgehead atoms. The average Bonchev–Trinajstić information content (AvgIpc) is 2.51. The molecule has 0 saturated heterocycles. The van der Waals surface area contributed by atoms with Gasteiger partial charge < -0.3 is 20.3 Å². The Morgan fingerprint density at radius 2 is 2.04 bits per heavy atom. The lowest BCUT2D eigenvalue weighted by molar-refractivity contribution is -0.127. The number of ether oxygens (including phenoxy) is 1. The first kappa shape index (κ1) is 19.3. The van der Waals surface area contributed by atoms with Gasteiger partial charge in [-0.1, -0.05) is 12.1 Å². The van der Waals surface area contributed by atoms with Crippen molar-refractivity contribution in [3.63, 3.8) is 0 Å². The Kier molecular flexibility index (Phi) is 8.47. The zero-order valence-electron chi connectivity index (χ0n) is 14.1. The topological polar surface area (TPSA) is 66.0 Å². The molecule has 0 radical (unpaired) electrons. The van der Waals surface area contributed by atoms with Crippen molar-refractivity contribution in [2.24, 2.45) is 4.99 Å². The highest BCUT2D eigenvalue weighted by Gasteiger charge is 2.09. The van der Waals surface area contributed by atoms with Crippen LogP contribution < -0.4 is 15.4 Å².